The van der Waals surface area contributed by atoms with Crippen molar-refractivity contribution in [3.8, 4) is 17.2 Å². The topological polar surface area (TPSA) is 109 Å². The molecule has 0 saturated carbocycles. The number of halogens is 1. The first-order valence-corrected chi connectivity index (χ1v) is 13.2. The van der Waals surface area contributed by atoms with E-state index in [4.69, 9.17) is 14.2 Å². The number of esters is 1. The minimum Gasteiger partial charge on any atom is -0.490 e. The number of fused-ring (bicyclic) bond motifs is 1. The van der Waals surface area contributed by atoms with Crippen LogP contribution in [-0.4, -0.2) is 41.5 Å². The van der Waals surface area contributed by atoms with E-state index in [0.717, 1.165) is 20.5 Å². The average molecular weight is 586 g/mol. The van der Waals surface area contributed by atoms with Gasteiger partial charge < -0.3 is 19.5 Å². The molecular weight excluding hydrogens is 562 g/mol. The van der Waals surface area contributed by atoms with Crippen LogP contribution < -0.4 is 20.3 Å². The van der Waals surface area contributed by atoms with Crippen molar-refractivity contribution in [2.75, 3.05) is 25.1 Å². The monoisotopic (exact) mass is 585 g/mol. The molecule has 9 nitrogen and oxygen atoms in total. The number of carbonyl (C=O) groups excluding carboxylic acids is 2. The number of nitrogens with zero attached hydrogens (tertiary/aromatic N) is 2. The van der Waals surface area contributed by atoms with Crippen LogP contribution in [0, 0.1) is 0 Å². The zero-order chi connectivity index (χ0) is 26.5. The normalized spacial score (nSPS) is 10.8. The molecule has 1 amide bonds. The van der Waals surface area contributed by atoms with E-state index in [1.54, 1.807) is 54.8 Å². The third-order valence-electron chi connectivity index (χ3n) is 5.23. The fraction of sp³-hybridized carbons (Fsp3) is 0.231. The molecule has 11 heteroatoms. The number of anilines is 1. The van der Waals surface area contributed by atoms with Gasteiger partial charge in [-0.3, -0.25) is 9.59 Å². The summed E-state index contributed by atoms with van der Waals surface area (Å²) in [6.07, 6.45) is 0. The average Bonchev–Trinajstić information content (AvgIpc) is 3.30. The Morgan fingerprint density at radius 3 is 2.38 bits per heavy atom. The fourth-order valence-corrected chi connectivity index (χ4v) is 4.81. The van der Waals surface area contributed by atoms with Crippen molar-refractivity contribution in [1.82, 2.24) is 9.78 Å². The molecule has 0 aliphatic heterocycles. The van der Waals surface area contributed by atoms with Gasteiger partial charge in [0.15, 0.2) is 17.2 Å². The number of aromatic nitrogens is 2. The number of carbonyl (C=O) groups is 2. The Kier molecular flexibility index (Phi) is 8.24. The van der Waals surface area contributed by atoms with Gasteiger partial charge in [0, 0.05) is 20.8 Å². The van der Waals surface area contributed by atoms with Crippen LogP contribution >= 0.6 is 27.3 Å². The first-order valence-electron chi connectivity index (χ1n) is 11.6. The number of hydrogen-bond donors (Lipinski definition) is 1. The second-order valence-electron chi connectivity index (χ2n) is 7.60. The summed E-state index contributed by atoms with van der Waals surface area (Å²) < 4.78 is 18.3. The van der Waals surface area contributed by atoms with Crippen LogP contribution in [0.3, 0.4) is 0 Å². The van der Waals surface area contributed by atoms with Crippen LogP contribution in [-0.2, 0) is 4.74 Å². The molecule has 0 unspecified atom stereocenters. The quantitative estimate of drug-likeness (QED) is 0.261. The molecule has 37 heavy (non-hydrogen) atoms. The SMILES string of the molecule is CCOC(=O)c1nn(-c2ccc(Br)cc2)c(=O)c2c(NC(=O)c3ccc(OCC)c(OCC)c3)scc12. The van der Waals surface area contributed by atoms with Gasteiger partial charge in [0.2, 0.25) is 0 Å². The number of amides is 1. The Morgan fingerprint density at radius 2 is 1.70 bits per heavy atom. The maximum atomic E-state index is 13.6. The van der Waals surface area contributed by atoms with Gasteiger partial charge in [-0.05, 0) is 63.2 Å². The molecule has 2 aromatic heterocycles. The largest absolute Gasteiger partial charge is 0.490 e. The molecule has 4 rings (SSSR count). The van der Waals surface area contributed by atoms with E-state index < -0.39 is 17.4 Å². The molecule has 0 atom stereocenters. The summed E-state index contributed by atoms with van der Waals surface area (Å²) in [5.41, 5.74) is 0.276. The number of benzene rings is 2. The van der Waals surface area contributed by atoms with Gasteiger partial charge in [0.05, 0.1) is 30.9 Å². The molecule has 0 aliphatic rings. The van der Waals surface area contributed by atoms with Crippen molar-refractivity contribution in [2.45, 2.75) is 20.8 Å². The van der Waals surface area contributed by atoms with E-state index in [0.29, 0.717) is 41.3 Å². The second kappa shape index (κ2) is 11.6. The minimum absolute atomic E-state index is 0.0178. The predicted molar refractivity (Wildman–Crippen MR) is 146 cm³/mol. The molecule has 0 radical (unpaired) electrons. The first-order chi connectivity index (χ1) is 17.9. The summed E-state index contributed by atoms with van der Waals surface area (Å²) in [6, 6.07) is 11.8. The standard InChI is InChI=1S/C26H24BrN3O6S/c1-4-34-19-12-7-15(13-20(19)35-5-2)23(31)28-24-21-18(14-37-24)22(26(33)36-6-3)29-30(25(21)32)17-10-8-16(27)9-11-17/h7-14H,4-6H2,1-3H3,(H,28,31). The van der Waals surface area contributed by atoms with E-state index in [2.05, 4.69) is 26.3 Å². The smallest absolute Gasteiger partial charge is 0.359 e. The summed E-state index contributed by atoms with van der Waals surface area (Å²) in [6.45, 7) is 6.39. The number of rotatable bonds is 9. The van der Waals surface area contributed by atoms with E-state index in [1.807, 2.05) is 13.8 Å². The van der Waals surface area contributed by atoms with Crippen molar-refractivity contribution >= 4 is 54.9 Å². The molecule has 4 aromatic rings. The number of thiophene rings is 1. The Balaban J connectivity index is 1.80. The third kappa shape index (κ3) is 5.52. The van der Waals surface area contributed by atoms with Crippen LogP contribution in [0.25, 0.3) is 16.5 Å². The minimum atomic E-state index is -0.665. The molecule has 0 aliphatic carbocycles. The molecule has 1 N–H and O–H groups in total. The van der Waals surface area contributed by atoms with Crippen LogP contribution in [0.2, 0.25) is 0 Å². The maximum absolute atomic E-state index is 13.6. The van der Waals surface area contributed by atoms with Gasteiger partial charge >= 0.3 is 5.97 Å². The lowest BCUT2D eigenvalue weighted by Crippen LogP contribution is -2.25. The third-order valence-corrected chi connectivity index (χ3v) is 6.65. The number of hydrogen-bond acceptors (Lipinski definition) is 8. The Morgan fingerprint density at radius 1 is 1.00 bits per heavy atom. The van der Waals surface area contributed by atoms with E-state index in [-0.39, 0.29) is 22.7 Å². The lowest BCUT2D eigenvalue weighted by atomic mass is 10.1. The first kappa shape index (κ1) is 26.4. The van der Waals surface area contributed by atoms with Crippen LogP contribution in [0.1, 0.15) is 41.6 Å². The Hall–Kier alpha value is -3.70. The van der Waals surface area contributed by atoms with Gasteiger partial charge in [-0.15, -0.1) is 11.3 Å². The molecule has 0 spiro atoms. The highest BCUT2D eigenvalue weighted by Gasteiger charge is 2.23. The zero-order valence-electron chi connectivity index (χ0n) is 20.4. The molecule has 0 saturated heterocycles. The molecule has 2 aromatic carbocycles. The van der Waals surface area contributed by atoms with E-state index >= 15 is 0 Å². The Labute approximate surface area is 225 Å². The zero-order valence-corrected chi connectivity index (χ0v) is 22.8. The molecule has 192 valence electrons. The van der Waals surface area contributed by atoms with Gasteiger partial charge in [-0.25, -0.2) is 4.79 Å². The maximum Gasteiger partial charge on any atom is 0.359 e. The highest BCUT2D eigenvalue weighted by atomic mass is 79.9. The predicted octanol–water partition coefficient (Wildman–Crippen LogP) is 5.44. The van der Waals surface area contributed by atoms with Crippen molar-refractivity contribution in [2.24, 2.45) is 0 Å². The van der Waals surface area contributed by atoms with Crippen molar-refractivity contribution in [3.05, 3.63) is 73.9 Å². The van der Waals surface area contributed by atoms with Gasteiger partial charge in [-0.2, -0.15) is 9.78 Å². The molecule has 0 bridgehead atoms. The lowest BCUT2D eigenvalue weighted by molar-refractivity contribution is 0.0520. The summed E-state index contributed by atoms with van der Waals surface area (Å²) in [5.74, 6) is -0.136. The number of nitrogens with one attached hydrogen (secondary N) is 1. The lowest BCUT2D eigenvalue weighted by Gasteiger charge is -2.12. The number of ether oxygens (including phenoxy) is 3. The summed E-state index contributed by atoms with van der Waals surface area (Å²) in [5, 5.41) is 9.48. The Bertz CT molecular complexity index is 1510. The summed E-state index contributed by atoms with van der Waals surface area (Å²) in [7, 11) is 0. The van der Waals surface area contributed by atoms with E-state index in [9.17, 15) is 14.4 Å². The van der Waals surface area contributed by atoms with Gasteiger partial charge in [0.1, 0.15) is 5.00 Å². The van der Waals surface area contributed by atoms with Gasteiger partial charge in [0.25, 0.3) is 11.5 Å². The van der Waals surface area contributed by atoms with Crippen LogP contribution in [0.15, 0.2) is 57.1 Å². The fourth-order valence-electron chi connectivity index (χ4n) is 3.62. The van der Waals surface area contributed by atoms with Crippen molar-refractivity contribution in [3.63, 3.8) is 0 Å². The molecule has 2 heterocycles. The highest BCUT2D eigenvalue weighted by Crippen LogP contribution is 2.33. The molecular formula is C26H24BrN3O6S. The van der Waals surface area contributed by atoms with E-state index in [1.165, 1.54) is 0 Å². The highest BCUT2D eigenvalue weighted by molar-refractivity contribution is 9.10. The van der Waals surface area contributed by atoms with Crippen molar-refractivity contribution < 1.29 is 23.8 Å². The van der Waals surface area contributed by atoms with Crippen LogP contribution in [0.5, 0.6) is 11.5 Å². The van der Waals surface area contributed by atoms with Gasteiger partial charge in [-0.1, -0.05) is 15.9 Å². The summed E-state index contributed by atoms with van der Waals surface area (Å²) in [4.78, 5) is 39.5. The molecule has 0 fully saturated rings. The second-order valence-corrected chi connectivity index (χ2v) is 9.39. The van der Waals surface area contributed by atoms with Crippen LogP contribution in [0.4, 0.5) is 5.00 Å². The summed E-state index contributed by atoms with van der Waals surface area (Å²) >= 11 is 4.50. The van der Waals surface area contributed by atoms with Crippen molar-refractivity contribution in [1.29, 1.82) is 0 Å².